The molecule has 1 saturated heterocycles. The van der Waals surface area contributed by atoms with Gasteiger partial charge in [0.1, 0.15) is 10.0 Å². The highest BCUT2D eigenvalue weighted by atomic mass is 35.5. The van der Waals surface area contributed by atoms with Gasteiger partial charge in [-0.15, -0.1) is 0 Å². The maximum Gasteiger partial charge on any atom is 0.310 e. The zero-order valence-corrected chi connectivity index (χ0v) is 13.2. The van der Waals surface area contributed by atoms with Crippen molar-refractivity contribution in [3.63, 3.8) is 0 Å². The van der Waals surface area contributed by atoms with Gasteiger partial charge in [-0.2, -0.15) is 4.31 Å². The van der Waals surface area contributed by atoms with E-state index in [0.717, 1.165) is 0 Å². The van der Waals surface area contributed by atoms with Crippen LogP contribution in [0.4, 0.5) is 0 Å². The summed E-state index contributed by atoms with van der Waals surface area (Å²) in [5.74, 6) is -0.779. The van der Waals surface area contributed by atoms with Crippen LogP contribution in [0.1, 0.15) is 19.8 Å². The highest BCUT2D eigenvalue weighted by Gasteiger charge is 2.35. The Morgan fingerprint density at radius 2 is 2.33 bits per heavy atom. The standard InChI is InChI=1S/C13H17ClN2O4S/c1-2-20-13(17)10-5-4-8-16(9-10)21(18,19)11-6-3-7-15-12(11)14/h3,6-7,10H,2,4-5,8-9H2,1H3/t10-/m0/s1. The summed E-state index contributed by atoms with van der Waals surface area (Å²) in [5.41, 5.74) is 0. The van der Waals surface area contributed by atoms with E-state index in [1.807, 2.05) is 0 Å². The number of nitrogens with zero attached hydrogens (tertiary/aromatic N) is 2. The predicted octanol–water partition coefficient (Wildman–Crippen LogP) is 1.70. The molecule has 0 N–H and O–H groups in total. The van der Waals surface area contributed by atoms with Gasteiger partial charge in [-0.25, -0.2) is 13.4 Å². The minimum absolute atomic E-state index is 0.0313. The van der Waals surface area contributed by atoms with Crippen LogP contribution in [0.3, 0.4) is 0 Å². The molecule has 1 fully saturated rings. The molecule has 1 atom stereocenters. The molecule has 0 aromatic carbocycles. The van der Waals surface area contributed by atoms with E-state index < -0.39 is 15.9 Å². The Morgan fingerprint density at radius 3 is 3.00 bits per heavy atom. The van der Waals surface area contributed by atoms with Crippen molar-refractivity contribution in [2.45, 2.75) is 24.7 Å². The monoisotopic (exact) mass is 332 g/mol. The zero-order valence-electron chi connectivity index (χ0n) is 11.7. The molecule has 1 aliphatic rings. The fourth-order valence-corrected chi connectivity index (χ4v) is 4.27. The fourth-order valence-electron chi connectivity index (χ4n) is 2.32. The quantitative estimate of drug-likeness (QED) is 0.619. The second kappa shape index (κ2) is 6.72. The first kappa shape index (κ1) is 16.2. The number of hydrogen-bond donors (Lipinski definition) is 0. The van der Waals surface area contributed by atoms with Crippen molar-refractivity contribution in [1.29, 1.82) is 0 Å². The molecule has 0 saturated carbocycles. The first-order chi connectivity index (χ1) is 9.96. The summed E-state index contributed by atoms with van der Waals surface area (Å²) in [6.45, 7) is 2.50. The molecule has 2 rings (SSSR count). The Balaban J connectivity index is 2.21. The minimum atomic E-state index is -3.74. The number of aromatic nitrogens is 1. The van der Waals surface area contributed by atoms with Gasteiger partial charge in [0.25, 0.3) is 0 Å². The molecule has 1 aromatic heterocycles. The average Bonchev–Trinajstić information content (AvgIpc) is 2.48. The van der Waals surface area contributed by atoms with Crippen molar-refractivity contribution in [2.24, 2.45) is 5.92 Å². The molecular weight excluding hydrogens is 316 g/mol. The first-order valence-electron chi connectivity index (χ1n) is 6.74. The number of sulfonamides is 1. The van der Waals surface area contributed by atoms with E-state index in [1.54, 1.807) is 6.92 Å². The van der Waals surface area contributed by atoms with E-state index in [4.69, 9.17) is 16.3 Å². The van der Waals surface area contributed by atoms with Gasteiger partial charge in [-0.1, -0.05) is 11.6 Å². The van der Waals surface area contributed by atoms with E-state index in [2.05, 4.69) is 4.98 Å². The molecular formula is C13H17ClN2O4S. The Labute approximate surface area is 129 Å². The van der Waals surface area contributed by atoms with Gasteiger partial charge in [0.15, 0.2) is 0 Å². The lowest BCUT2D eigenvalue weighted by Crippen LogP contribution is -2.42. The van der Waals surface area contributed by atoms with Crippen molar-refractivity contribution in [3.05, 3.63) is 23.5 Å². The van der Waals surface area contributed by atoms with Crippen molar-refractivity contribution in [3.8, 4) is 0 Å². The van der Waals surface area contributed by atoms with E-state index in [1.165, 1.54) is 22.6 Å². The molecule has 0 aliphatic carbocycles. The molecule has 1 aliphatic heterocycles. The number of halogens is 1. The highest BCUT2D eigenvalue weighted by Crippen LogP contribution is 2.27. The van der Waals surface area contributed by atoms with Gasteiger partial charge >= 0.3 is 5.97 Å². The third kappa shape index (κ3) is 3.53. The van der Waals surface area contributed by atoms with Crippen molar-refractivity contribution in [1.82, 2.24) is 9.29 Å². The molecule has 8 heteroatoms. The Kier molecular flexibility index (Phi) is 5.18. The predicted molar refractivity (Wildman–Crippen MR) is 77.4 cm³/mol. The van der Waals surface area contributed by atoms with Gasteiger partial charge < -0.3 is 4.74 Å². The third-order valence-electron chi connectivity index (χ3n) is 3.35. The van der Waals surface area contributed by atoms with Crippen LogP contribution in [0, 0.1) is 5.92 Å². The van der Waals surface area contributed by atoms with E-state index in [-0.39, 0.29) is 29.2 Å². The van der Waals surface area contributed by atoms with Crippen LogP contribution >= 0.6 is 11.6 Å². The van der Waals surface area contributed by atoms with Gasteiger partial charge in [-0.05, 0) is 31.9 Å². The van der Waals surface area contributed by atoms with Crippen molar-refractivity contribution >= 4 is 27.6 Å². The van der Waals surface area contributed by atoms with Crippen LogP contribution in [0.25, 0.3) is 0 Å². The fraction of sp³-hybridized carbons (Fsp3) is 0.538. The summed E-state index contributed by atoms with van der Waals surface area (Å²) in [6, 6.07) is 2.93. The van der Waals surface area contributed by atoms with Crippen LogP contribution in [-0.4, -0.2) is 43.4 Å². The molecule has 1 aromatic rings. The molecule has 2 heterocycles. The smallest absolute Gasteiger partial charge is 0.310 e. The molecule has 0 amide bonds. The summed E-state index contributed by atoms with van der Waals surface area (Å²) < 4.78 is 31.4. The summed E-state index contributed by atoms with van der Waals surface area (Å²) in [4.78, 5) is 15.6. The summed E-state index contributed by atoms with van der Waals surface area (Å²) >= 11 is 5.87. The van der Waals surface area contributed by atoms with Crippen LogP contribution in [-0.2, 0) is 19.6 Å². The van der Waals surface area contributed by atoms with E-state index in [9.17, 15) is 13.2 Å². The number of rotatable bonds is 4. The number of esters is 1. The molecule has 0 bridgehead atoms. The topological polar surface area (TPSA) is 76.6 Å². The Hall–Kier alpha value is -1.18. The Bertz CT molecular complexity index is 620. The molecule has 0 spiro atoms. The number of ether oxygens (including phenoxy) is 1. The summed E-state index contributed by atoms with van der Waals surface area (Å²) in [7, 11) is -3.74. The van der Waals surface area contributed by atoms with Crippen LogP contribution in [0.15, 0.2) is 23.2 Å². The van der Waals surface area contributed by atoms with Gasteiger partial charge in [0.2, 0.25) is 10.0 Å². The largest absolute Gasteiger partial charge is 0.466 e. The lowest BCUT2D eigenvalue weighted by molar-refractivity contribution is -0.149. The van der Waals surface area contributed by atoms with Gasteiger partial charge in [-0.3, -0.25) is 4.79 Å². The number of carbonyl (C=O) groups is 1. The lowest BCUT2D eigenvalue weighted by atomic mass is 10.0. The first-order valence-corrected chi connectivity index (χ1v) is 8.56. The number of piperidine rings is 1. The second-order valence-corrected chi connectivity index (χ2v) is 7.01. The van der Waals surface area contributed by atoms with Crippen LogP contribution in [0.2, 0.25) is 5.15 Å². The third-order valence-corrected chi connectivity index (χ3v) is 5.66. The SMILES string of the molecule is CCOC(=O)[C@H]1CCCN(S(=O)(=O)c2cccnc2Cl)C1. The second-order valence-electron chi connectivity index (χ2n) is 4.75. The van der Waals surface area contributed by atoms with Crippen LogP contribution < -0.4 is 0 Å². The number of carbonyl (C=O) groups excluding carboxylic acids is 1. The van der Waals surface area contributed by atoms with Crippen LogP contribution in [0.5, 0.6) is 0 Å². The normalized spacial score (nSPS) is 20.2. The average molecular weight is 333 g/mol. The molecule has 21 heavy (non-hydrogen) atoms. The molecule has 0 radical (unpaired) electrons. The summed E-state index contributed by atoms with van der Waals surface area (Å²) in [6.07, 6.45) is 2.67. The van der Waals surface area contributed by atoms with Gasteiger partial charge in [0, 0.05) is 19.3 Å². The number of hydrogen-bond acceptors (Lipinski definition) is 5. The highest BCUT2D eigenvalue weighted by molar-refractivity contribution is 7.89. The van der Waals surface area contributed by atoms with Gasteiger partial charge in [0.05, 0.1) is 12.5 Å². The maximum absolute atomic E-state index is 12.6. The lowest BCUT2D eigenvalue weighted by Gasteiger charge is -2.30. The number of pyridine rings is 1. The van der Waals surface area contributed by atoms with Crippen molar-refractivity contribution in [2.75, 3.05) is 19.7 Å². The molecule has 0 unspecified atom stereocenters. The van der Waals surface area contributed by atoms with Crippen molar-refractivity contribution < 1.29 is 17.9 Å². The molecule has 116 valence electrons. The van der Waals surface area contributed by atoms with E-state index in [0.29, 0.717) is 19.4 Å². The molecule has 6 nitrogen and oxygen atoms in total. The van der Waals surface area contributed by atoms with E-state index >= 15 is 0 Å². The Morgan fingerprint density at radius 1 is 1.57 bits per heavy atom. The maximum atomic E-state index is 12.6. The summed E-state index contributed by atoms with van der Waals surface area (Å²) in [5, 5.41) is -0.0595. The zero-order chi connectivity index (χ0) is 15.5. The minimum Gasteiger partial charge on any atom is -0.466 e.